The van der Waals surface area contributed by atoms with Crippen LogP contribution in [0, 0.1) is 0 Å². The number of aryl methyl sites for hydroxylation is 6. The summed E-state index contributed by atoms with van der Waals surface area (Å²) in [6.45, 7) is 8.21. The van der Waals surface area contributed by atoms with Crippen molar-refractivity contribution in [1.29, 1.82) is 0 Å². The smallest absolute Gasteiger partial charge is 0.356 e. The molecule has 0 saturated carbocycles. The number of fused-ring (bicyclic) bond motifs is 4. The molecule has 0 amide bonds. The predicted molar refractivity (Wildman–Crippen MR) is 177 cm³/mol. The summed E-state index contributed by atoms with van der Waals surface area (Å²) in [7, 11) is 0. The lowest BCUT2D eigenvalue weighted by Gasteiger charge is -2.00. The Bertz CT molecular complexity index is 1770. The fourth-order valence-corrected chi connectivity index (χ4v) is 6.42. The van der Waals surface area contributed by atoms with Crippen LogP contribution in [0.5, 0.6) is 0 Å². The highest BCUT2D eigenvalue weighted by atomic mass is 16.5. The second kappa shape index (κ2) is 16.9. The van der Waals surface area contributed by atoms with Crippen LogP contribution in [0.4, 0.5) is 0 Å². The van der Waals surface area contributed by atoms with Crippen molar-refractivity contribution in [2.75, 3.05) is 13.2 Å². The summed E-state index contributed by atoms with van der Waals surface area (Å²) in [5.74, 6) is -2.15. The summed E-state index contributed by atoms with van der Waals surface area (Å²) >= 11 is 0. The lowest BCUT2D eigenvalue weighted by atomic mass is 10.1. The number of rotatable bonds is 8. The first-order valence-electron chi connectivity index (χ1n) is 17.1. The average Bonchev–Trinajstić information content (AvgIpc) is 3.90. The van der Waals surface area contributed by atoms with Gasteiger partial charge in [-0.1, -0.05) is 0 Å². The number of aromatic nitrogens is 8. The Morgan fingerprint density at radius 3 is 1.80 bits per heavy atom. The number of aromatic carboxylic acids is 2. The number of carboxylic acid groups (broad SMARTS) is 2. The molecule has 0 spiro atoms. The maximum absolute atomic E-state index is 11.3. The van der Waals surface area contributed by atoms with Crippen molar-refractivity contribution in [3.05, 3.63) is 69.8 Å². The minimum atomic E-state index is -0.938. The van der Waals surface area contributed by atoms with Gasteiger partial charge in [0, 0.05) is 48.8 Å². The third-order valence-corrected chi connectivity index (χ3v) is 8.65. The molecule has 0 aliphatic carbocycles. The molecule has 0 bridgehead atoms. The van der Waals surface area contributed by atoms with E-state index in [1.165, 1.54) is 24.0 Å². The third-order valence-electron chi connectivity index (χ3n) is 8.65. The van der Waals surface area contributed by atoms with Gasteiger partial charge in [-0.15, -0.1) is 0 Å². The number of hydrogen-bond donors (Lipinski definition) is 2. The predicted octanol–water partition coefficient (Wildman–Crippen LogP) is 2.92. The number of nitrogens with zero attached hydrogens (tertiary/aromatic N) is 8. The van der Waals surface area contributed by atoms with E-state index in [0.29, 0.717) is 31.6 Å². The van der Waals surface area contributed by atoms with Crippen LogP contribution < -0.4 is 0 Å². The SMILES string of the molecule is CCOC(=O)Cc1cc2n(n1)CCC2.CCOC(=O)Cc1cnn2c1CCC2.O=C(O)c1cc2n(n1)CCC2.O=C(O)c1cnn2c1CCC2. The van der Waals surface area contributed by atoms with Gasteiger partial charge in [-0.3, -0.25) is 28.3 Å². The summed E-state index contributed by atoms with van der Waals surface area (Å²) in [5, 5.41) is 33.7. The van der Waals surface area contributed by atoms with Crippen molar-refractivity contribution in [2.45, 2.75) is 104 Å². The first-order valence-corrected chi connectivity index (χ1v) is 17.1. The summed E-state index contributed by atoms with van der Waals surface area (Å²) in [5.41, 5.74) is 6.75. The lowest BCUT2D eigenvalue weighted by Crippen LogP contribution is -2.08. The minimum Gasteiger partial charge on any atom is -0.478 e. The Hall–Kier alpha value is -5.28. The van der Waals surface area contributed by atoms with Gasteiger partial charge in [-0.2, -0.15) is 20.4 Å². The van der Waals surface area contributed by atoms with Crippen LogP contribution in [-0.2, 0) is 83.8 Å². The van der Waals surface area contributed by atoms with Crippen LogP contribution in [0.3, 0.4) is 0 Å². The molecule has 0 aromatic carbocycles. The Kier molecular flexibility index (Phi) is 12.2. The summed E-state index contributed by atoms with van der Waals surface area (Å²) < 4.78 is 17.3. The average molecular weight is 693 g/mol. The Balaban J connectivity index is 0.000000130. The molecule has 4 aliphatic rings. The highest BCUT2D eigenvalue weighted by molar-refractivity contribution is 5.88. The molecule has 4 aromatic rings. The Labute approximate surface area is 289 Å². The second-order valence-electron chi connectivity index (χ2n) is 12.2. The first-order chi connectivity index (χ1) is 24.2. The van der Waals surface area contributed by atoms with Crippen LogP contribution in [0.2, 0.25) is 0 Å². The molecular weight excluding hydrogens is 648 g/mol. The van der Waals surface area contributed by atoms with Gasteiger partial charge in [0.25, 0.3) is 0 Å². The molecule has 0 fully saturated rings. The quantitative estimate of drug-likeness (QED) is 0.257. The molecule has 0 unspecified atom stereocenters. The molecule has 16 nitrogen and oxygen atoms in total. The highest BCUT2D eigenvalue weighted by Crippen LogP contribution is 2.20. The fraction of sp³-hybridized carbons (Fsp3) is 0.529. The van der Waals surface area contributed by atoms with Gasteiger partial charge in [0.2, 0.25) is 0 Å². The number of carboxylic acids is 2. The number of carbonyl (C=O) groups excluding carboxylic acids is 2. The molecule has 4 aliphatic heterocycles. The van der Waals surface area contributed by atoms with E-state index in [1.54, 1.807) is 21.6 Å². The Morgan fingerprint density at radius 2 is 1.20 bits per heavy atom. The topological polar surface area (TPSA) is 198 Å². The molecule has 16 heteroatoms. The maximum atomic E-state index is 11.3. The molecular formula is C34H44N8O8. The molecule has 4 aromatic heterocycles. The van der Waals surface area contributed by atoms with E-state index in [0.717, 1.165) is 93.8 Å². The zero-order valence-electron chi connectivity index (χ0n) is 28.5. The number of esters is 2. The van der Waals surface area contributed by atoms with Gasteiger partial charge < -0.3 is 19.7 Å². The van der Waals surface area contributed by atoms with Gasteiger partial charge in [-0.25, -0.2) is 9.59 Å². The van der Waals surface area contributed by atoms with Crippen LogP contribution in [0.15, 0.2) is 24.5 Å². The fourth-order valence-electron chi connectivity index (χ4n) is 6.42. The van der Waals surface area contributed by atoms with Gasteiger partial charge in [-0.05, 0) is 77.3 Å². The largest absolute Gasteiger partial charge is 0.478 e. The van der Waals surface area contributed by atoms with E-state index < -0.39 is 11.9 Å². The third kappa shape index (κ3) is 9.03. The summed E-state index contributed by atoms with van der Waals surface area (Å²) in [6.07, 6.45) is 12.2. The number of carbonyl (C=O) groups is 4. The van der Waals surface area contributed by atoms with Gasteiger partial charge >= 0.3 is 23.9 Å². The summed E-state index contributed by atoms with van der Waals surface area (Å²) in [6, 6.07) is 3.65. The molecule has 0 saturated heterocycles. The molecule has 0 atom stereocenters. The number of ether oxygens (including phenoxy) is 2. The molecule has 268 valence electrons. The second-order valence-corrected chi connectivity index (χ2v) is 12.2. The summed E-state index contributed by atoms with van der Waals surface area (Å²) in [4.78, 5) is 43.4. The monoisotopic (exact) mass is 692 g/mol. The van der Waals surface area contributed by atoms with Crippen LogP contribution in [0.25, 0.3) is 0 Å². The van der Waals surface area contributed by atoms with Gasteiger partial charge in [0.1, 0.15) is 5.56 Å². The molecule has 8 rings (SSSR count). The van der Waals surface area contributed by atoms with E-state index in [2.05, 4.69) is 20.4 Å². The standard InChI is InChI=1S/2C10H14N2O2.2C7H8N2O2/c1-2-14-10(13)6-8-7-11-12-5-3-4-9(8)12;1-2-14-10(13)7-8-6-9-4-3-5-12(9)11-8;10-7(11)5-4-8-9-3-1-2-6(5)9;10-7(11)6-4-5-2-1-3-9(5)8-6/h7H,2-6H2,1H3;6H,2-5,7H2,1H3;2*4H,1-3H2,(H,10,11). The molecule has 2 N–H and O–H groups in total. The molecule has 50 heavy (non-hydrogen) atoms. The normalized spacial score (nSPS) is 14.4. The van der Waals surface area contributed by atoms with Gasteiger partial charge in [0.05, 0.1) is 49.8 Å². The van der Waals surface area contributed by atoms with Crippen LogP contribution >= 0.6 is 0 Å². The van der Waals surface area contributed by atoms with Crippen molar-refractivity contribution in [3.63, 3.8) is 0 Å². The van der Waals surface area contributed by atoms with E-state index >= 15 is 0 Å². The maximum Gasteiger partial charge on any atom is 0.356 e. The first kappa shape index (κ1) is 36.0. The lowest BCUT2D eigenvalue weighted by molar-refractivity contribution is -0.143. The van der Waals surface area contributed by atoms with E-state index in [-0.39, 0.29) is 17.6 Å². The zero-order chi connectivity index (χ0) is 35.6. The van der Waals surface area contributed by atoms with Crippen LogP contribution in [0.1, 0.15) is 94.4 Å². The highest BCUT2D eigenvalue weighted by Gasteiger charge is 2.21. The number of hydrogen-bond acceptors (Lipinski definition) is 10. The van der Waals surface area contributed by atoms with Crippen molar-refractivity contribution in [1.82, 2.24) is 39.1 Å². The zero-order valence-corrected chi connectivity index (χ0v) is 28.5. The van der Waals surface area contributed by atoms with Crippen LogP contribution in [-0.4, -0.2) is 86.4 Å². The van der Waals surface area contributed by atoms with Crippen molar-refractivity contribution < 1.29 is 38.9 Å². The van der Waals surface area contributed by atoms with Crippen molar-refractivity contribution in [2.24, 2.45) is 0 Å². The van der Waals surface area contributed by atoms with Crippen molar-refractivity contribution in [3.8, 4) is 0 Å². The van der Waals surface area contributed by atoms with E-state index in [1.807, 2.05) is 29.3 Å². The molecule has 8 heterocycles. The van der Waals surface area contributed by atoms with Crippen molar-refractivity contribution >= 4 is 23.9 Å². The van der Waals surface area contributed by atoms with E-state index in [4.69, 9.17) is 19.7 Å². The van der Waals surface area contributed by atoms with Gasteiger partial charge in [0.15, 0.2) is 5.69 Å². The minimum absolute atomic E-state index is 0.157. The molecule has 0 radical (unpaired) electrons. The van der Waals surface area contributed by atoms with E-state index in [9.17, 15) is 19.2 Å². The Morgan fingerprint density at radius 1 is 0.660 bits per heavy atom.